The van der Waals surface area contributed by atoms with Crippen LogP contribution in [0.25, 0.3) is 0 Å². The lowest BCUT2D eigenvalue weighted by Gasteiger charge is -2.32. The molecule has 0 aliphatic carbocycles. The van der Waals surface area contributed by atoms with Crippen molar-refractivity contribution in [2.24, 2.45) is 5.41 Å². The van der Waals surface area contributed by atoms with Gasteiger partial charge in [-0.2, -0.15) is 0 Å². The van der Waals surface area contributed by atoms with E-state index in [1.165, 1.54) is 0 Å². The maximum absolute atomic E-state index is 13.0. The SMILES string of the molecule is CC[C@](O)(C(=O)N1CC[C@@]2(CNC(=O)C2)C1)c1cccc(Cl)c1. The molecule has 1 aromatic carbocycles. The largest absolute Gasteiger partial charge is 0.375 e. The van der Waals surface area contributed by atoms with E-state index in [0.717, 1.165) is 6.42 Å². The van der Waals surface area contributed by atoms with Crippen LogP contribution in [0.2, 0.25) is 5.02 Å². The van der Waals surface area contributed by atoms with E-state index in [0.29, 0.717) is 36.6 Å². The number of nitrogens with zero attached hydrogens (tertiary/aromatic N) is 1. The highest BCUT2D eigenvalue weighted by molar-refractivity contribution is 6.30. The van der Waals surface area contributed by atoms with Crippen LogP contribution in [-0.4, -0.2) is 41.5 Å². The third-order valence-electron chi connectivity index (χ3n) is 5.09. The van der Waals surface area contributed by atoms with Crippen LogP contribution in [0.3, 0.4) is 0 Å². The molecule has 0 unspecified atom stereocenters. The maximum atomic E-state index is 13.0. The van der Waals surface area contributed by atoms with Gasteiger partial charge in [0.1, 0.15) is 0 Å². The van der Waals surface area contributed by atoms with Crippen molar-refractivity contribution in [3.63, 3.8) is 0 Å². The molecule has 2 amide bonds. The van der Waals surface area contributed by atoms with Crippen molar-refractivity contribution in [3.05, 3.63) is 34.9 Å². The molecular formula is C17H21ClN2O3. The number of hydrogen-bond acceptors (Lipinski definition) is 3. The summed E-state index contributed by atoms with van der Waals surface area (Å²) in [4.78, 5) is 26.2. The number of halogens is 1. The lowest BCUT2D eigenvalue weighted by atomic mass is 9.86. The van der Waals surface area contributed by atoms with Gasteiger partial charge in [-0.3, -0.25) is 9.59 Å². The Labute approximate surface area is 140 Å². The molecule has 2 saturated heterocycles. The van der Waals surface area contributed by atoms with Gasteiger partial charge in [0.15, 0.2) is 5.60 Å². The molecule has 6 heteroatoms. The average Bonchev–Trinajstić information content (AvgIpc) is 3.12. The Balaban J connectivity index is 1.82. The average molecular weight is 337 g/mol. The molecule has 0 radical (unpaired) electrons. The second kappa shape index (κ2) is 5.80. The van der Waals surface area contributed by atoms with Gasteiger partial charge in [-0.25, -0.2) is 0 Å². The zero-order valence-corrected chi connectivity index (χ0v) is 13.9. The van der Waals surface area contributed by atoms with Crippen molar-refractivity contribution in [2.45, 2.75) is 31.8 Å². The van der Waals surface area contributed by atoms with Crippen LogP contribution in [0.4, 0.5) is 0 Å². The lowest BCUT2D eigenvalue weighted by molar-refractivity contribution is -0.152. The first-order valence-electron chi connectivity index (χ1n) is 7.93. The Hall–Kier alpha value is -1.59. The van der Waals surface area contributed by atoms with Crippen LogP contribution < -0.4 is 5.32 Å². The Morgan fingerprint density at radius 1 is 1.52 bits per heavy atom. The molecule has 2 fully saturated rings. The third-order valence-corrected chi connectivity index (χ3v) is 5.32. The maximum Gasteiger partial charge on any atom is 0.259 e. The van der Waals surface area contributed by atoms with E-state index in [-0.39, 0.29) is 23.7 Å². The number of rotatable bonds is 3. The van der Waals surface area contributed by atoms with Crippen LogP contribution in [0.5, 0.6) is 0 Å². The topological polar surface area (TPSA) is 69.6 Å². The summed E-state index contributed by atoms with van der Waals surface area (Å²) in [5.74, 6) is -0.265. The molecule has 124 valence electrons. The van der Waals surface area contributed by atoms with Gasteiger partial charge in [0.2, 0.25) is 5.91 Å². The predicted molar refractivity (Wildman–Crippen MR) is 86.9 cm³/mol. The molecule has 0 aromatic heterocycles. The summed E-state index contributed by atoms with van der Waals surface area (Å²) in [5, 5.41) is 14.3. The van der Waals surface area contributed by atoms with Gasteiger partial charge in [0.05, 0.1) is 0 Å². The number of aliphatic hydroxyl groups is 1. The van der Waals surface area contributed by atoms with E-state index in [2.05, 4.69) is 5.32 Å². The number of hydrogen-bond donors (Lipinski definition) is 2. The van der Waals surface area contributed by atoms with Crippen molar-refractivity contribution in [1.82, 2.24) is 10.2 Å². The summed E-state index contributed by atoms with van der Waals surface area (Å²) in [6.45, 7) is 3.47. The Morgan fingerprint density at radius 3 is 2.91 bits per heavy atom. The number of amides is 2. The number of carbonyl (C=O) groups excluding carboxylic acids is 2. The first-order valence-corrected chi connectivity index (χ1v) is 8.31. The van der Waals surface area contributed by atoms with Crippen molar-refractivity contribution in [2.75, 3.05) is 19.6 Å². The zero-order chi connectivity index (χ0) is 16.7. The fourth-order valence-corrected chi connectivity index (χ4v) is 3.83. The van der Waals surface area contributed by atoms with Crippen molar-refractivity contribution in [3.8, 4) is 0 Å². The Morgan fingerprint density at radius 2 is 2.30 bits per heavy atom. The van der Waals surface area contributed by atoms with Crippen molar-refractivity contribution >= 4 is 23.4 Å². The summed E-state index contributed by atoms with van der Waals surface area (Å²) >= 11 is 6.00. The van der Waals surface area contributed by atoms with Gasteiger partial charge in [-0.15, -0.1) is 0 Å². The van der Waals surface area contributed by atoms with Gasteiger partial charge in [-0.05, 0) is 30.5 Å². The fourth-order valence-electron chi connectivity index (χ4n) is 3.63. The normalized spacial score (nSPS) is 26.4. The third kappa shape index (κ3) is 2.83. The summed E-state index contributed by atoms with van der Waals surface area (Å²) in [7, 11) is 0. The first-order chi connectivity index (χ1) is 10.9. The van der Waals surface area contributed by atoms with E-state index in [1.807, 2.05) is 0 Å². The fraction of sp³-hybridized carbons (Fsp3) is 0.529. The van der Waals surface area contributed by atoms with Crippen molar-refractivity contribution in [1.29, 1.82) is 0 Å². The highest BCUT2D eigenvalue weighted by Crippen LogP contribution is 2.39. The molecule has 2 N–H and O–H groups in total. The number of likely N-dealkylation sites (tertiary alicyclic amines) is 1. The minimum atomic E-state index is -1.58. The van der Waals surface area contributed by atoms with Gasteiger partial charge < -0.3 is 15.3 Å². The molecule has 2 aliphatic heterocycles. The zero-order valence-electron chi connectivity index (χ0n) is 13.1. The molecular weight excluding hydrogens is 316 g/mol. The molecule has 3 rings (SSSR count). The smallest absolute Gasteiger partial charge is 0.259 e. The number of carbonyl (C=O) groups is 2. The summed E-state index contributed by atoms with van der Waals surface area (Å²) in [5.41, 5.74) is -1.23. The highest BCUT2D eigenvalue weighted by atomic mass is 35.5. The first kappa shape index (κ1) is 16.3. The predicted octanol–water partition coefficient (Wildman–Crippen LogP) is 1.68. The van der Waals surface area contributed by atoms with Gasteiger partial charge in [0.25, 0.3) is 5.91 Å². The molecule has 0 saturated carbocycles. The molecule has 1 aromatic rings. The highest BCUT2D eigenvalue weighted by Gasteiger charge is 2.49. The van der Waals surface area contributed by atoms with Crippen LogP contribution in [0.1, 0.15) is 31.7 Å². The van der Waals surface area contributed by atoms with Gasteiger partial charge >= 0.3 is 0 Å². The standard InChI is InChI=1S/C17H21ClN2O3/c1-2-17(23,12-4-3-5-13(18)8-12)15(22)20-7-6-16(11-20)9-14(21)19-10-16/h3-5,8,23H,2,6-7,9-11H2,1H3,(H,19,21)/t16-,17-/m1/s1. The minimum Gasteiger partial charge on any atom is -0.375 e. The van der Waals surface area contributed by atoms with Gasteiger partial charge in [0, 0.05) is 36.5 Å². The summed E-state index contributed by atoms with van der Waals surface area (Å²) < 4.78 is 0. The molecule has 5 nitrogen and oxygen atoms in total. The molecule has 0 bridgehead atoms. The van der Waals surface area contributed by atoms with Crippen molar-refractivity contribution < 1.29 is 14.7 Å². The van der Waals surface area contributed by atoms with Crippen LogP contribution in [0.15, 0.2) is 24.3 Å². The van der Waals surface area contributed by atoms with E-state index in [9.17, 15) is 14.7 Å². The monoisotopic (exact) mass is 336 g/mol. The minimum absolute atomic E-state index is 0.0416. The summed E-state index contributed by atoms with van der Waals surface area (Å²) in [6, 6.07) is 6.80. The molecule has 2 heterocycles. The molecule has 23 heavy (non-hydrogen) atoms. The van der Waals surface area contributed by atoms with Crippen LogP contribution in [0, 0.1) is 5.41 Å². The van der Waals surface area contributed by atoms with E-state index < -0.39 is 5.60 Å². The van der Waals surface area contributed by atoms with Crippen LogP contribution >= 0.6 is 11.6 Å². The Bertz CT molecular complexity index is 650. The van der Waals surface area contributed by atoms with E-state index in [1.54, 1.807) is 36.1 Å². The van der Waals surface area contributed by atoms with Crippen LogP contribution in [-0.2, 0) is 15.2 Å². The van der Waals surface area contributed by atoms with E-state index >= 15 is 0 Å². The molecule has 2 atom stereocenters. The van der Waals surface area contributed by atoms with Gasteiger partial charge in [-0.1, -0.05) is 30.7 Å². The lowest BCUT2D eigenvalue weighted by Crippen LogP contribution is -2.46. The quantitative estimate of drug-likeness (QED) is 0.882. The Kier molecular flexibility index (Phi) is 4.10. The second-order valence-corrected chi connectivity index (χ2v) is 7.09. The number of nitrogens with one attached hydrogen (secondary N) is 1. The van der Waals surface area contributed by atoms with E-state index in [4.69, 9.17) is 11.6 Å². The molecule has 2 aliphatic rings. The second-order valence-electron chi connectivity index (χ2n) is 6.65. The summed E-state index contributed by atoms with van der Waals surface area (Å²) in [6.07, 6.45) is 1.51. The molecule has 1 spiro atoms. The number of benzene rings is 1.